The van der Waals surface area contributed by atoms with Crippen LogP contribution in [-0.2, 0) is 4.74 Å². The smallest absolute Gasteiger partial charge is 0.259 e. The van der Waals surface area contributed by atoms with Crippen LogP contribution in [0.15, 0.2) is 53.6 Å². The highest BCUT2D eigenvalue weighted by Crippen LogP contribution is 2.34. The number of piperidine rings is 1. The second kappa shape index (κ2) is 11.5. The number of aromatic amines is 1. The summed E-state index contributed by atoms with van der Waals surface area (Å²) in [5.41, 5.74) is 2.05. The summed E-state index contributed by atoms with van der Waals surface area (Å²) in [4.78, 5) is 41.8. The molecular weight excluding hydrogens is 527 g/mol. The predicted octanol–water partition coefficient (Wildman–Crippen LogP) is 4.34. The van der Waals surface area contributed by atoms with Gasteiger partial charge in [-0.1, -0.05) is 0 Å². The monoisotopic (exact) mass is 558 g/mol. The van der Waals surface area contributed by atoms with Crippen LogP contribution in [0.5, 0.6) is 5.75 Å². The number of methoxy groups -OCH3 is 1. The second-order valence-electron chi connectivity index (χ2n) is 10.1. The maximum atomic E-state index is 15.7. The van der Waals surface area contributed by atoms with E-state index in [-0.39, 0.29) is 34.0 Å². The molecule has 0 bridgehead atoms. The summed E-state index contributed by atoms with van der Waals surface area (Å²) in [5, 5.41) is 3.54. The van der Waals surface area contributed by atoms with Crippen LogP contribution in [0.4, 0.5) is 21.6 Å². The number of carbonyl (C=O) groups excluding carboxylic acids is 1. The summed E-state index contributed by atoms with van der Waals surface area (Å²) in [6.45, 7) is 4.21. The lowest BCUT2D eigenvalue weighted by Gasteiger charge is -2.28. The van der Waals surface area contributed by atoms with Gasteiger partial charge in [0.1, 0.15) is 17.4 Å². The Kier molecular flexibility index (Phi) is 7.51. The van der Waals surface area contributed by atoms with Crippen molar-refractivity contribution >= 4 is 34.0 Å². The number of nitrogens with zero attached hydrogens (tertiary/aromatic N) is 4. The van der Waals surface area contributed by atoms with Crippen LogP contribution >= 0.6 is 0 Å². The summed E-state index contributed by atoms with van der Waals surface area (Å²) in [5.74, 6) is -0.0790. The van der Waals surface area contributed by atoms with Crippen LogP contribution in [0.25, 0.3) is 22.2 Å². The summed E-state index contributed by atoms with van der Waals surface area (Å²) >= 11 is 0. The summed E-state index contributed by atoms with van der Waals surface area (Å²) < 4.78 is 26.6. The average Bonchev–Trinajstić information content (AvgIpc) is 3.01. The normalized spacial score (nSPS) is 15.7. The number of fused-ring (bicyclic) bond motifs is 1. The van der Waals surface area contributed by atoms with E-state index < -0.39 is 5.82 Å². The number of benzene rings is 1. The number of rotatable bonds is 6. The van der Waals surface area contributed by atoms with E-state index >= 15 is 4.39 Å². The zero-order chi connectivity index (χ0) is 28.3. The number of H-pyrrole nitrogens is 1. The summed E-state index contributed by atoms with van der Waals surface area (Å²) in [7, 11) is 1.45. The van der Waals surface area contributed by atoms with Crippen molar-refractivity contribution in [3.63, 3.8) is 0 Å². The molecule has 11 heteroatoms. The minimum Gasteiger partial charge on any atom is -0.496 e. The molecule has 6 rings (SSSR count). The van der Waals surface area contributed by atoms with E-state index in [2.05, 4.69) is 25.2 Å². The highest BCUT2D eigenvalue weighted by atomic mass is 19.1. The number of nitrogens with one attached hydrogen (secondary N) is 2. The van der Waals surface area contributed by atoms with Crippen LogP contribution < -0.4 is 20.5 Å². The predicted molar refractivity (Wildman–Crippen MR) is 155 cm³/mol. The number of likely N-dealkylation sites (tertiary alicyclic amines) is 1. The number of pyridine rings is 3. The zero-order valence-electron chi connectivity index (χ0n) is 22.8. The van der Waals surface area contributed by atoms with Gasteiger partial charge in [-0.2, -0.15) is 0 Å². The SMILES string of the molecule is COc1cc(-c2cc(Nc3ccc(N4CCOCC4)cn3)c3c(=O)[nH]ccc3n2)c(F)cc1C(=O)N1CCCCC1. The van der Waals surface area contributed by atoms with Gasteiger partial charge in [0.05, 0.1) is 60.1 Å². The van der Waals surface area contributed by atoms with Crippen molar-refractivity contribution < 1.29 is 18.7 Å². The van der Waals surface area contributed by atoms with E-state index in [9.17, 15) is 9.59 Å². The van der Waals surface area contributed by atoms with Crippen molar-refractivity contribution in [3.8, 4) is 17.0 Å². The van der Waals surface area contributed by atoms with Crippen LogP contribution in [-0.4, -0.2) is 72.3 Å². The molecule has 1 amide bonds. The molecule has 4 aromatic rings. The lowest BCUT2D eigenvalue weighted by Crippen LogP contribution is -2.36. The Labute approximate surface area is 236 Å². The number of hydrogen-bond acceptors (Lipinski definition) is 8. The Morgan fingerprint density at radius 2 is 1.88 bits per heavy atom. The van der Waals surface area contributed by atoms with E-state index in [1.54, 1.807) is 23.2 Å². The third kappa shape index (κ3) is 5.45. The Morgan fingerprint density at radius 3 is 2.61 bits per heavy atom. The molecule has 1 aromatic carbocycles. The standard InChI is InChI=1S/C30H31FN6O4/c1-40-26-16-20(22(31)15-21(26)30(39)37-9-3-2-4-10-37)24-17-25(28-23(34-24)7-8-32-29(28)38)35-27-6-5-19(18-33-27)36-11-13-41-14-12-36/h5-8,15-18H,2-4,9-14H2,1H3,(H,32,38)(H,33,34,35). The van der Waals surface area contributed by atoms with Gasteiger partial charge in [0.2, 0.25) is 0 Å². The fraction of sp³-hybridized carbons (Fsp3) is 0.333. The number of hydrogen-bond donors (Lipinski definition) is 2. The lowest BCUT2D eigenvalue weighted by molar-refractivity contribution is 0.0720. The Balaban J connectivity index is 1.37. The quantitative estimate of drug-likeness (QED) is 0.360. The van der Waals surface area contributed by atoms with Crippen molar-refractivity contribution in [3.05, 3.63) is 70.5 Å². The molecular formula is C30H31FN6O4. The number of aromatic nitrogens is 3. The van der Waals surface area contributed by atoms with Crippen molar-refractivity contribution in [1.29, 1.82) is 0 Å². The highest BCUT2D eigenvalue weighted by Gasteiger charge is 2.24. The third-order valence-electron chi connectivity index (χ3n) is 7.56. The highest BCUT2D eigenvalue weighted by molar-refractivity contribution is 5.98. The molecule has 0 unspecified atom stereocenters. The number of carbonyl (C=O) groups is 1. The Hall–Kier alpha value is -4.51. The van der Waals surface area contributed by atoms with Crippen molar-refractivity contribution in [1.82, 2.24) is 19.9 Å². The van der Waals surface area contributed by atoms with Crippen molar-refractivity contribution in [2.24, 2.45) is 0 Å². The molecule has 10 nitrogen and oxygen atoms in total. The molecule has 0 radical (unpaired) electrons. The molecule has 3 aromatic heterocycles. The fourth-order valence-electron chi connectivity index (χ4n) is 5.39. The van der Waals surface area contributed by atoms with Gasteiger partial charge in [-0.15, -0.1) is 0 Å². The molecule has 2 fully saturated rings. The first-order valence-corrected chi connectivity index (χ1v) is 13.8. The molecule has 212 valence electrons. The topological polar surface area (TPSA) is 113 Å². The molecule has 0 atom stereocenters. The lowest BCUT2D eigenvalue weighted by atomic mass is 10.0. The third-order valence-corrected chi connectivity index (χ3v) is 7.56. The van der Waals surface area contributed by atoms with Crippen LogP contribution in [0.2, 0.25) is 0 Å². The molecule has 2 aliphatic rings. The molecule has 0 spiro atoms. The van der Waals surface area contributed by atoms with Crippen LogP contribution in [0, 0.1) is 5.82 Å². The number of ether oxygens (including phenoxy) is 2. The minimum atomic E-state index is -0.609. The fourth-order valence-corrected chi connectivity index (χ4v) is 5.39. The first-order valence-electron chi connectivity index (χ1n) is 13.8. The largest absolute Gasteiger partial charge is 0.496 e. The van der Waals surface area contributed by atoms with E-state index in [0.29, 0.717) is 48.7 Å². The van der Waals surface area contributed by atoms with Gasteiger partial charge < -0.3 is 29.6 Å². The maximum Gasteiger partial charge on any atom is 0.259 e. The van der Waals surface area contributed by atoms with Gasteiger partial charge in [-0.25, -0.2) is 14.4 Å². The number of halogens is 1. The Morgan fingerprint density at radius 1 is 1.07 bits per heavy atom. The van der Waals surface area contributed by atoms with Gasteiger partial charge >= 0.3 is 0 Å². The molecule has 0 saturated carbocycles. The van der Waals surface area contributed by atoms with Crippen LogP contribution in [0.3, 0.4) is 0 Å². The molecule has 2 saturated heterocycles. The van der Waals surface area contributed by atoms with Crippen molar-refractivity contribution in [2.45, 2.75) is 19.3 Å². The molecule has 5 heterocycles. The number of amides is 1. The van der Waals surface area contributed by atoms with Gasteiger partial charge in [-0.3, -0.25) is 9.59 Å². The zero-order valence-corrected chi connectivity index (χ0v) is 22.8. The van der Waals surface area contributed by atoms with E-state index in [1.165, 1.54) is 25.4 Å². The van der Waals surface area contributed by atoms with E-state index in [0.717, 1.165) is 38.0 Å². The van der Waals surface area contributed by atoms with Gasteiger partial charge in [0, 0.05) is 37.9 Å². The number of anilines is 3. The van der Waals surface area contributed by atoms with E-state index in [1.807, 2.05) is 12.1 Å². The summed E-state index contributed by atoms with van der Waals surface area (Å²) in [6, 6.07) is 9.76. The van der Waals surface area contributed by atoms with Crippen LogP contribution in [0.1, 0.15) is 29.6 Å². The molecule has 2 N–H and O–H groups in total. The van der Waals surface area contributed by atoms with Crippen molar-refractivity contribution in [2.75, 3.05) is 56.7 Å². The van der Waals surface area contributed by atoms with Gasteiger partial charge in [0.15, 0.2) is 0 Å². The Bertz CT molecular complexity index is 1630. The van der Waals surface area contributed by atoms with Gasteiger partial charge in [0.25, 0.3) is 11.5 Å². The van der Waals surface area contributed by atoms with E-state index in [4.69, 9.17) is 9.47 Å². The van der Waals surface area contributed by atoms with Gasteiger partial charge in [-0.05, 0) is 55.7 Å². The number of morpholine rings is 1. The molecule has 2 aliphatic heterocycles. The maximum absolute atomic E-state index is 15.7. The second-order valence-corrected chi connectivity index (χ2v) is 10.1. The summed E-state index contributed by atoms with van der Waals surface area (Å²) in [6.07, 6.45) is 6.20. The first kappa shape index (κ1) is 26.7. The first-order chi connectivity index (χ1) is 20.0. The minimum absolute atomic E-state index is 0.151. The average molecular weight is 559 g/mol. The molecule has 41 heavy (non-hydrogen) atoms. The molecule has 0 aliphatic carbocycles.